The molecule has 3 nitrogen and oxygen atoms in total. The molecule has 0 spiro atoms. The molecule has 0 aromatic heterocycles. The van der Waals surface area contributed by atoms with Crippen LogP contribution in [0.2, 0.25) is 0 Å². The Balaban J connectivity index is 2.04. The first-order valence-corrected chi connectivity index (χ1v) is 7.11. The highest BCUT2D eigenvalue weighted by Crippen LogP contribution is 2.26. The van der Waals surface area contributed by atoms with E-state index in [0.29, 0.717) is 0 Å². The van der Waals surface area contributed by atoms with Gasteiger partial charge in [0.1, 0.15) is 0 Å². The van der Waals surface area contributed by atoms with Gasteiger partial charge in [0.2, 0.25) is 5.91 Å². The van der Waals surface area contributed by atoms with Crippen LogP contribution >= 0.6 is 0 Å². The van der Waals surface area contributed by atoms with Crippen molar-refractivity contribution in [2.75, 3.05) is 0 Å². The SMILES string of the molecule is NC(=O)C(N=Cc1ccccc1)c1cccc2ccccc12. The molecule has 0 saturated heterocycles. The topological polar surface area (TPSA) is 55.5 Å². The molecular formula is C19H16N2O. The lowest BCUT2D eigenvalue weighted by Gasteiger charge is -2.12. The van der Waals surface area contributed by atoms with Crippen molar-refractivity contribution in [1.82, 2.24) is 0 Å². The Morgan fingerprint density at radius 3 is 2.36 bits per heavy atom. The van der Waals surface area contributed by atoms with Crippen molar-refractivity contribution in [3.05, 3.63) is 83.9 Å². The molecule has 22 heavy (non-hydrogen) atoms. The first-order valence-electron chi connectivity index (χ1n) is 7.11. The average molecular weight is 288 g/mol. The average Bonchev–Trinajstić information content (AvgIpc) is 2.56. The molecule has 1 atom stereocenters. The fourth-order valence-corrected chi connectivity index (χ4v) is 2.50. The first kappa shape index (κ1) is 14.0. The molecule has 108 valence electrons. The van der Waals surface area contributed by atoms with E-state index in [1.165, 1.54) is 0 Å². The van der Waals surface area contributed by atoms with Crippen LogP contribution in [0.1, 0.15) is 17.2 Å². The summed E-state index contributed by atoms with van der Waals surface area (Å²) in [5, 5.41) is 2.07. The molecule has 1 unspecified atom stereocenters. The second-order valence-electron chi connectivity index (χ2n) is 5.06. The van der Waals surface area contributed by atoms with Crippen LogP contribution < -0.4 is 5.73 Å². The number of carbonyl (C=O) groups excluding carboxylic acids is 1. The van der Waals surface area contributed by atoms with E-state index in [1.807, 2.05) is 72.8 Å². The number of primary amides is 1. The van der Waals surface area contributed by atoms with Crippen LogP contribution in [0.25, 0.3) is 10.8 Å². The number of hydrogen-bond acceptors (Lipinski definition) is 2. The smallest absolute Gasteiger partial charge is 0.246 e. The highest BCUT2D eigenvalue weighted by molar-refractivity contribution is 5.93. The highest BCUT2D eigenvalue weighted by atomic mass is 16.1. The van der Waals surface area contributed by atoms with E-state index in [9.17, 15) is 4.79 Å². The zero-order valence-corrected chi connectivity index (χ0v) is 12.0. The number of nitrogens with two attached hydrogens (primary N) is 1. The van der Waals surface area contributed by atoms with Gasteiger partial charge in [0, 0.05) is 6.21 Å². The van der Waals surface area contributed by atoms with E-state index < -0.39 is 11.9 Å². The maximum atomic E-state index is 11.9. The molecular weight excluding hydrogens is 272 g/mol. The number of amides is 1. The Bertz CT molecular complexity index is 820. The Hall–Kier alpha value is -2.94. The molecule has 0 bridgehead atoms. The lowest BCUT2D eigenvalue weighted by atomic mass is 9.98. The second-order valence-corrected chi connectivity index (χ2v) is 5.06. The molecule has 3 aromatic carbocycles. The molecule has 3 rings (SSSR count). The Morgan fingerprint density at radius 1 is 0.909 bits per heavy atom. The molecule has 0 heterocycles. The monoisotopic (exact) mass is 288 g/mol. The lowest BCUT2D eigenvalue weighted by molar-refractivity contribution is -0.119. The minimum absolute atomic E-state index is 0.455. The largest absolute Gasteiger partial charge is 0.368 e. The molecule has 3 aromatic rings. The van der Waals surface area contributed by atoms with Crippen molar-refractivity contribution >= 4 is 22.9 Å². The highest BCUT2D eigenvalue weighted by Gasteiger charge is 2.18. The minimum Gasteiger partial charge on any atom is -0.368 e. The van der Waals surface area contributed by atoms with Crippen molar-refractivity contribution in [2.45, 2.75) is 6.04 Å². The Morgan fingerprint density at radius 2 is 1.59 bits per heavy atom. The van der Waals surface area contributed by atoms with E-state index in [2.05, 4.69) is 4.99 Å². The van der Waals surface area contributed by atoms with E-state index in [0.717, 1.165) is 21.9 Å². The summed E-state index contributed by atoms with van der Waals surface area (Å²) in [6.45, 7) is 0. The zero-order valence-electron chi connectivity index (χ0n) is 12.0. The quantitative estimate of drug-likeness (QED) is 0.734. The number of hydrogen-bond donors (Lipinski definition) is 1. The third kappa shape index (κ3) is 2.88. The molecule has 1 amide bonds. The summed E-state index contributed by atoms with van der Waals surface area (Å²) in [4.78, 5) is 16.3. The number of rotatable bonds is 4. The molecule has 3 heteroatoms. The molecule has 0 aliphatic heterocycles. The number of benzene rings is 3. The summed E-state index contributed by atoms with van der Waals surface area (Å²) in [5.74, 6) is -0.455. The van der Waals surface area contributed by atoms with Gasteiger partial charge in [-0.25, -0.2) is 0 Å². The summed E-state index contributed by atoms with van der Waals surface area (Å²) in [6, 6.07) is 22.7. The van der Waals surface area contributed by atoms with Crippen LogP contribution in [0.3, 0.4) is 0 Å². The maximum Gasteiger partial charge on any atom is 0.246 e. The van der Waals surface area contributed by atoms with Gasteiger partial charge in [0.25, 0.3) is 0 Å². The normalized spacial score (nSPS) is 12.5. The third-order valence-corrected chi connectivity index (χ3v) is 3.56. The molecule has 0 aliphatic carbocycles. The van der Waals surface area contributed by atoms with Gasteiger partial charge in [-0.05, 0) is 21.9 Å². The van der Waals surface area contributed by atoms with E-state index in [1.54, 1.807) is 6.21 Å². The summed E-state index contributed by atoms with van der Waals surface area (Å²) >= 11 is 0. The van der Waals surface area contributed by atoms with Crippen molar-refractivity contribution in [2.24, 2.45) is 10.7 Å². The van der Waals surface area contributed by atoms with Crippen LogP contribution in [-0.2, 0) is 4.79 Å². The summed E-state index contributed by atoms with van der Waals surface area (Å²) in [5.41, 5.74) is 7.34. The van der Waals surface area contributed by atoms with Crippen LogP contribution in [0.5, 0.6) is 0 Å². The van der Waals surface area contributed by atoms with Gasteiger partial charge in [0.15, 0.2) is 6.04 Å². The maximum absolute atomic E-state index is 11.9. The van der Waals surface area contributed by atoms with Crippen molar-refractivity contribution in [1.29, 1.82) is 0 Å². The summed E-state index contributed by atoms with van der Waals surface area (Å²) in [7, 11) is 0. The number of fused-ring (bicyclic) bond motifs is 1. The number of nitrogens with zero attached hydrogens (tertiary/aromatic N) is 1. The van der Waals surface area contributed by atoms with E-state index >= 15 is 0 Å². The molecule has 2 N–H and O–H groups in total. The molecule has 0 fully saturated rings. The van der Waals surface area contributed by atoms with Crippen molar-refractivity contribution in [3.63, 3.8) is 0 Å². The van der Waals surface area contributed by atoms with Crippen molar-refractivity contribution in [3.8, 4) is 0 Å². The van der Waals surface area contributed by atoms with E-state index in [-0.39, 0.29) is 0 Å². The Labute approximate surface area is 129 Å². The van der Waals surface area contributed by atoms with Crippen LogP contribution in [0, 0.1) is 0 Å². The van der Waals surface area contributed by atoms with Gasteiger partial charge >= 0.3 is 0 Å². The van der Waals surface area contributed by atoms with Crippen LogP contribution in [0.4, 0.5) is 0 Å². The van der Waals surface area contributed by atoms with Gasteiger partial charge in [-0.15, -0.1) is 0 Å². The van der Waals surface area contributed by atoms with Crippen LogP contribution in [0.15, 0.2) is 77.8 Å². The third-order valence-electron chi connectivity index (χ3n) is 3.56. The van der Waals surface area contributed by atoms with Gasteiger partial charge in [-0.2, -0.15) is 0 Å². The second kappa shape index (κ2) is 6.22. The first-order chi connectivity index (χ1) is 10.8. The standard InChI is InChI=1S/C19H16N2O/c20-19(22)18(21-13-14-7-2-1-3-8-14)17-12-6-10-15-9-4-5-11-16(15)17/h1-13,18H,(H2,20,22). The predicted molar refractivity (Wildman–Crippen MR) is 89.9 cm³/mol. The Kier molecular flexibility index (Phi) is 3.97. The minimum atomic E-state index is -0.689. The fourth-order valence-electron chi connectivity index (χ4n) is 2.50. The molecule has 0 saturated carbocycles. The van der Waals surface area contributed by atoms with Gasteiger partial charge in [-0.3, -0.25) is 9.79 Å². The number of carbonyl (C=O) groups is 1. The number of aliphatic imine (C=N–C) groups is 1. The summed E-state index contributed by atoms with van der Waals surface area (Å²) in [6.07, 6.45) is 1.69. The summed E-state index contributed by atoms with van der Waals surface area (Å²) < 4.78 is 0. The van der Waals surface area contributed by atoms with Crippen molar-refractivity contribution < 1.29 is 4.79 Å². The van der Waals surface area contributed by atoms with Gasteiger partial charge in [0.05, 0.1) is 0 Å². The molecule has 0 aliphatic rings. The van der Waals surface area contributed by atoms with E-state index in [4.69, 9.17) is 5.73 Å². The predicted octanol–water partition coefficient (Wildman–Crippen LogP) is 3.49. The fraction of sp³-hybridized carbons (Fsp3) is 0.0526. The van der Waals surface area contributed by atoms with Gasteiger partial charge < -0.3 is 5.73 Å². The van der Waals surface area contributed by atoms with Gasteiger partial charge in [-0.1, -0.05) is 72.8 Å². The lowest BCUT2D eigenvalue weighted by Crippen LogP contribution is -2.20. The zero-order chi connectivity index (χ0) is 15.4. The van der Waals surface area contributed by atoms with Crippen LogP contribution in [-0.4, -0.2) is 12.1 Å². The molecule has 0 radical (unpaired) electrons.